The summed E-state index contributed by atoms with van der Waals surface area (Å²) < 4.78 is 31.1. The number of aliphatic hydroxyl groups is 1. The van der Waals surface area contributed by atoms with E-state index >= 15 is 0 Å². The number of para-hydroxylation sites is 1. The van der Waals surface area contributed by atoms with Crippen molar-refractivity contribution in [3.8, 4) is 0 Å². The highest BCUT2D eigenvalue weighted by Gasteiger charge is 2.33. The van der Waals surface area contributed by atoms with Crippen LogP contribution >= 0.6 is 0 Å². The molecule has 1 heterocycles. The van der Waals surface area contributed by atoms with Crippen LogP contribution in [-0.4, -0.2) is 29.6 Å². The van der Waals surface area contributed by atoms with Gasteiger partial charge in [-0.25, -0.2) is 0 Å². The van der Waals surface area contributed by atoms with Crippen LogP contribution < -0.4 is 5.32 Å². The Balaban J connectivity index is 2.32. The summed E-state index contributed by atoms with van der Waals surface area (Å²) in [6, 6.07) is 7.28. The van der Waals surface area contributed by atoms with E-state index in [1.54, 1.807) is 12.1 Å². The molecule has 0 aromatic heterocycles. The second kappa shape index (κ2) is 4.04. The third kappa shape index (κ3) is 2.18. The molecule has 0 bridgehead atoms. The summed E-state index contributed by atoms with van der Waals surface area (Å²) in [6.07, 6.45) is -0.576. The molecule has 5 nitrogen and oxygen atoms in total. The van der Waals surface area contributed by atoms with Crippen LogP contribution in [-0.2, 0) is 16.5 Å². The predicted molar refractivity (Wildman–Crippen MR) is 59.7 cm³/mol. The van der Waals surface area contributed by atoms with E-state index in [0.29, 0.717) is 12.1 Å². The number of aryl methyl sites for hydroxylation is 1. The van der Waals surface area contributed by atoms with Crippen molar-refractivity contribution >= 4 is 15.8 Å². The molecule has 88 valence electrons. The average molecular weight is 243 g/mol. The van der Waals surface area contributed by atoms with Crippen molar-refractivity contribution in [1.82, 2.24) is 0 Å². The first kappa shape index (κ1) is 11.4. The summed E-state index contributed by atoms with van der Waals surface area (Å²) in [5.74, 6) is 0. The van der Waals surface area contributed by atoms with Crippen LogP contribution in [0, 0.1) is 0 Å². The minimum absolute atomic E-state index is 0.198. The van der Waals surface area contributed by atoms with E-state index in [9.17, 15) is 13.5 Å². The maximum absolute atomic E-state index is 11.1. The van der Waals surface area contributed by atoms with Gasteiger partial charge in [-0.05, 0) is 24.5 Å². The molecule has 1 aromatic carbocycles. The minimum Gasteiger partial charge on any atom is -0.372 e. The van der Waals surface area contributed by atoms with Gasteiger partial charge in [0.2, 0.25) is 0 Å². The lowest BCUT2D eigenvalue weighted by Crippen LogP contribution is -2.38. The third-order valence-corrected chi connectivity index (χ3v) is 4.01. The molecule has 3 N–H and O–H groups in total. The molecular formula is C10H13NO4S. The average Bonchev–Trinajstić information content (AvgIpc) is 2.34. The highest BCUT2D eigenvalue weighted by Crippen LogP contribution is 2.25. The number of hydrogen-bond donors (Lipinski definition) is 3. The second-order valence-electron chi connectivity index (χ2n) is 3.84. The van der Waals surface area contributed by atoms with Crippen molar-refractivity contribution < 1.29 is 18.1 Å². The molecule has 2 unspecified atom stereocenters. The number of nitrogens with one attached hydrogen (secondary N) is 1. The van der Waals surface area contributed by atoms with Gasteiger partial charge in [0, 0.05) is 5.69 Å². The van der Waals surface area contributed by atoms with E-state index in [4.69, 9.17) is 4.55 Å². The van der Waals surface area contributed by atoms with Crippen molar-refractivity contribution in [1.29, 1.82) is 0 Å². The van der Waals surface area contributed by atoms with Gasteiger partial charge >= 0.3 is 0 Å². The van der Waals surface area contributed by atoms with Crippen LogP contribution in [0.2, 0.25) is 0 Å². The van der Waals surface area contributed by atoms with Crippen LogP contribution in [0.1, 0.15) is 12.0 Å². The summed E-state index contributed by atoms with van der Waals surface area (Å²) in [7, 11) is -4.23. The molecule has 0 saturated carbocycles. The van der Waals surface area contributed by atoms with Gasteiger partial charge in [-0.15, -0.1) is 0 Å². The van der Waals surface area contributed by atoms with Crippen LogP contribution in [0.15, 0.2) is 24.3 Å². The van der Waals surface area contributed by atoms with Gasteiger partial charge in [-0.2, -0.15) is 8.42 Å². The fourth-order valence-corrected chi connectivity index (χ4v) is 2.71. The first-order valence-electron chi connectivity index (χ1n) is 4.97. The lowest BCUT2D eigenvalue weighted by Gasteiger charge is -2.18. The van der Waals surface area contributed by atoms with Gasteiger partial charge in [-0.3, -0.25) is 4.55 Å². The van der Waals surface area contributed by atoms with Crippen molar-refractivity contribution in [3.63, 3.8) is 0 Å². The Bertz CT molecular complexity index is 485. The van der Waals surface area contributed by atoms with Gasteiger partial charge in [0.25, 0.3) is 10.1 Å². The van der Waals surface area contributed by atoms with E-state index < -0.39 is 21.6 Å². The number of hydrogen-bond acceptors (Lipinski definition) is 4. The van der Waals surface area contributed by atoms with Crippen molar-refractivity contribution in [2.75, 3.05) is 5.32 Å². The van der Waals surface area contributed by atoms with E-state index in [1.165, 1.54) is 0 Å². The van der Waals surface area contributed by atoms with Crippen molar-refractivity contribution in [2.45, 2.75) is 24.3 Å². The third-order valence-electron chi connectivity index (χ3n) is 2.75. The summed E-state index contributed by atoms with van der Waals surface area (Å²) in [5.41, 5.74) is 1.65. The summed E-state index contributed by atoms with van der Waals surface area (Å²) in [6.45, 7) is 0. The van der Waals surface area contributed by atoms with Crippen molar-refractivity contribution in [2.24, 2.45) is 0 Å². The number of rotatable bonds is 1. The lowest BCUT2D eigenvalue weighted by molar-refractivity contribution is 0.190. The van der Waals surface area contributed by atoms with E-state index in [0.717, 1.165) is 5.56 Å². The van der Waals surface area contributed by atoms with Gasteiger partial charge in [0.1, 0.15) is 11.5 Å². The quantitative estimate of drug-likeness (QED) is 0.629. The fourth-order valence-electron chi connectivity index (χ4n) is 1.90. The Kier molecular flexibility index (Phi) is 2.88. The molecule has 6 heteroatoms. The fraction of sp³-hybridized carbons (Fsp3) is 0.400. The zero-order valence-corrected chi connectivity index (χ0v) is 9.31. The molecule has 0 amide bonds. The molecule has 0 spiro atoms. The Morgan fingerprint density at radius 1 is 1.31 bits per heavy atom. The van der Waals surface area contributed by atoms with E-state index in [2.05, 4.69) is 5.32 Å². The first-order valence-corrected chi connectivity index (χ1v) is 6.47. The molecule has 1 aliphatic rings. The molecule has 0 fully saturated rings. The summed E-state index contributed by atoms with van der Waals surface area (Å²) in [5, 5.41) is 11.2. The van der Waals surface area contributed by atoms with Gasteiger partial charge in [0.15, 0.2) is 0 Å². The number of anilines is 1. The van der Waals surface area contributed by atoms with E-state index in [-0.39, 0.29) is 6.42 Å². The zero-order valence-electron chi connectivity index (χ0n) is 8.50. The van der Waals surface area contributed by atoms with Gasteiger partial charge < -0.3 is 10.4 Å². The zero-order chi connectivity index (χ0) is 11.8. The Hall–Kier alpha value is -1.11. The normalized spacial score (nSPS) is 25.4. The molecule has 1 aliphatic heterocycles. The molecule has 2 atom stereocenters. The van der Waals surface area contributed by atoms with Crippen molar-refractivity contribution in [3.05, 3.63) is 29.8 Å². The topological polar surface area (TPSA) is 86.6 Å². The van der Waals surface area contributed by atoms with Crippen LogP contribution in [0.4, 0.5) is 5.69 Å². The number of fused-ring (bicyclic) bond motifs is 1. The Morgan fingerprint density at radius 3 is 2.69 bits per heavy atom. The highest BCUT2D eigenvalue weighted by atomic mass is 32.2. The molecule has 0 saturated heterocycles. The SMILES string of the molecule is O=S(=O)(O)C1CCc2ccccc2NC1O. The first-order chi connectivity index (χ1) is 7.48. The molecule has 0 aliphatic carbocycles. The number of benzene rings is 1. The smallest absolute Gasteiger partial charge is 0.272 e. The molecule has 2 rings (SSSR count). The second-order valence-corrected chi connectivity index (χ2v) is 5.47. The largest absolute Gasteiger partial charge is 0.372 e. The molecule has 0 radical (unpaired) electrons. The van der Waals surface area contributed by atoms with Crippen LogP contribution in [0.3, 0.4) is 0 Å². The maximum Gasteiger partial charge on any atom is 0.272 e. The summed E-state index contributed by atoms with van der Waals surface area (Å²) >= 11 is 0. The molecule has 16 heavy (non-hydrogen) atoms. The Labute approximate surface area is 93.9 Å². The highest BCUT2D eigenvalue weighted by molar-refractivity contribution is 7.86. The van der Waals surface area contributed by atoms with Gasteiger partial charge in [-0.1, -0.05) is 18.2 Å². The summed E-state index contributed by atoms with van der Waals surface area (Å²) in [4.78, 5) is 0. The van der Waals surface area contributed by atoms with Crippen LogP contribution in [0.5, 0.6) is 0 Å². The Morgan fingerprint density at radius 2 is 2.00 bits per heavy atom. The standard InChI is InChI=1S/C10H13NO4S/c12-10-9(16(13,14)15)6-5-7-3-1-2-4-8(7)11-10/h1-4,9-12H,5-6H2,(H,13,14,15). The maximum atomic E-state index is 11.1. The minimum atomic E-state index is -4.23. The van der Waals surface area contributed by atoms with Gasteiger partial charge in [0.05, 0.1) is 0 Å². The predicted octanol–water partition coefficient (Wildman–Crippen LogP) is 0.619. The van der Waals surface area contributed by atoms with E-state index in [1.807, 2.05) is 12.1 Å². The molecule has 1 aromatic rings. The molecular weight excluding hydrogens is 230 g/mol. The van der Waals surface area contributed by atoms with Crippen LogP contribution in [0.25, 0.3) is 0 Å². The lowest BCUT2D eigenvalue weighted by atomic mass is 10.1. The monoisotopic (exact) mass is 243 g/mol. The number of aliphatic hydroxyl groups excluding tert-OH is 1.